The highest BCUT2D eigenvalue weighted by Gasteiger charge is 2.26. The lowest BCUT2D eigenvalue weighted by Gasteiger charge is -2.37. The Labute approximate surface area is 101 Å². The van der Waals surface area contributed by atoms with Gasteiger partial charge in [-0.15, -0.1) is 0 Å². The van der Waals surface area contributed by atoms with Crippen molar-refractivity contribution in [2.45, 2.75) is 25.1 Å². The van der Waals surface area contributed by atoms with Crippen LogP contribution in [0.4, 0.5) is 5.82 Å². The normalized spacial score (nSPS) is 20.9. The number of thioether (sulfide) groups is 1. The number of aromatic nitrogens is 2. The molecule has 2 rings (SSSR count). The maximum absolute atomic E-state index is 5.51. The lowest BCUT2D eigenvalue weighted by Crippen LogP contribution is -2.42. The third-order valence-corrected chi connectivity index (χ3v) is 3.91. The molecule has 1 fully saturated rings. The summed E-state index contributed by atoms with van der Waals surface area (Å²) >= 11 is 2.04. The number of nitrogens with zero attached hydrogens (tertiary/aromatic N) is 3. The van der Waals surface area contributed by atoms with Gasteiger partial charge in [-0.3, -0.25) is 9.88 Å². The van der Waals surface area contributed by atoms with Gasteiger partial charge in [0, 0.05) is 30.1 Å². The first kappa shape index (κ1) is 11.7. The Morgan fingerprint density at radius 3 is 2.88 bits per heavy atom. The first-order valence-electron chi connectivity index (χ1n) is 5.48. The maximum atomic E-state index is 5.51. The molecule has 5 heteroatoms. The molecule has 1 aliphatic heterocycles. The Hall–Kier alpha value is -0.810. The highest BCUT2D eigenvalue weighted by molar-refractivity contribution is 8.00. The Bertz CT molecular complexity index is 350. The van der Waals surface area contributed by atoms with E-state index >= 15 is 0 Å². The first-order valence-corrected chi connectivity index (χ1v) is 6.46. The van der Waals surface area contributed by atoms with Crippen molar-refractivity contribution in [2.24, 2.45) is 0 Å². The summed E-state index contributed by atoms with van der Waals surface area (Å²) in [6.07, 6.45) is 3.39. The van der Waals surface area contributed by atoms with Gasteiger partial charge in [-0.05, 0) is 13.8 Å². The van der Waals surface area contributed by atoms with E-state index in [4.69, 9.17) is 5.73 Å². The lowest BCUT2D eigenvalue weighted by atomic mass is 10.2. The van der Waals surface area contributed by atoms with E-state index < -0.39 is 0 Å². The number of nitrogen functional groups attached to an aromatic ring is 1. The van der Waals surface area contributed by atoms with Crippen LogP contribution in [0.2, 0.25) is 0 Å². The molecule has 1 aromatic heterocycles. The van der Waals surface area contributed by atoms with Crippen molar-refractivity contribution >= 4 is 17.6 Å². The van der Waals surface area contributed by atoms with Crippen LogP contribution >= 0.6 is 11.8 Å². The minimum atomic E-state index is 0.347. The van der Waals surface area contributed by atoms with Crippen LogP contribution in [-0.2, 0) is 6.54 Å². The average Bonchev–Trinajstić information content (AvgIpc) is 2.20. The predicted octanol–water partition coefficient (Wildman–Crippen LogP) is 1.39. The molecule has 0 unspecified atom stereocenters. The number of anilines is 1. The Morgan fingerprint density at radius 2 is 2.25 bits per heavy atom. The van der Waals surface area contributed by atoms with E-state index in [-0.39, 0.29) is 0 Å². The van der Waals surface area contributed by atoms with Gasteiger partial charge < -0.3 is 5.73 Å². The Kier molecular flexibility index (Phi) is 3.35. The molecular formula is C11H18N4S. The summed E-state index contributed by atoms with van der Waals surface area (Å²) in [5.74, 6) is 1.67. The molecule has 2 heterocycles. The van der Waals surface area contributed by atoms with Gasteiger partial charge in [0.1, 0.15) is 5.82 Å². The minimum absolute atomic E-state index is 0.347. The van der Waals surface area contributed by atoms with Crippen molar-refractivity contribution in [3.63, 3.8) is 0 Å². The molecule has 0 spiro atoms. The smallest absolute Gasteiger partial charge is 0.141 e. The van der Waals surface area contributed by atoms with E-state index in [2.05, 4.69) is 28.7 Å². The molecule has 0 amide bonds. The third-order valence-electron chi connectivity index (χ3n) is 2.62. The van der Waals surface area contributed by atoms with Crippen molar-refractivity contribution in [3.8, 4) is 0 Å². The topological polar surface area (TPSA) is 55.0 Å². The van der Waals surface area contributed by atoms with Gasteiger partial charge in [0.05, 0.1) is 18.1 Å². The highest BCUT2D eigenvalue weighted by atomic mass is 32.2. The average molecular weight is 238 g/mol. The third kappa shape index (κ3) is 3.09. The lowest BCUT2D eigenvalue weighted by molar-refractivity contribution is 0.249. The van der Waals surface area contributed by atoms with Gasteiger partial charge in [0.15, 0.2) is 0 Å². The van der Waals surface area contributed by atoms with Crippen LogP contribution in [-0.4, -0.2) is 38.5 Å². The number of hydrogen-bond acceptors (Lipinski definition) is 5. The number of rotatable bonds is 2. The standard InChI is InChI=1S/C11H18N4S/c1-11(2)8-15(3-4-16-11)7-9-5-14-10(12)6-13-9/h5-6H,3-4,7-8H2,1-2H3,(H2,12,14). The van der Waals surface area contributed by atoms with Gasteiger partial charge in [-0.25, -0.2) is 4.98 Å². The second-order valence-electron chi connectivity index (χ2n) is 4.75. The largest absolute Gasteiger partial charge is 0.382 e. The molecule has 0 aliphatic carbocycles. The van der Waals surface area contributed by atoms with E-state index in [9.17, 15) is 0 Å². The number of hydrogen-bond donors (Lipinski definition) is 1. The minimum Gasteiger partial charge on any atom is -0.382 e. The fourth-order valence-electron chi connectivity index (χ4n) is 1.92. The molecule has 0 saturated carbocycles. The van der Waals surface area contributed by atoms with Crippen molar-refractivity contribution < 1.29 is 0 Å². The molecule has 2 N–H and O–H groups in total. The maximum Gasteiger partial charge on any atom is 0.141 e. The first-order chi connectivity index (χ1) is 7.55. The van der Waals surface area contributed by atoms with Crippen molar-refractivity contribution in [1.29, 1.82) is 0 Å². The molecule has 1 aromatic rings. The summed E-state index contributed by atoms with van der Waals surface area (Å²) in [5, 5.41) is 0. The second-order valence-corrected chi connectivity index (χ2v) is 6.55. The molecular weight excluding hydrogens is 220 g/mol. The van der Waals surface area contributed by atoms with Crippen molar-refractivity contribution in [1.82, 2.24) is 14.9 Å². The zero-order valence-corrected chi connectivity index (χ0v) is 10.6. The summed E-state index contributed by atoms with van der Waals surface area (Å²) in [5.41, 5.74) is 6.51. The quantitative estimate of drug-likeness (QED) is 0.843. The monoisotopic (exact) mass is 238 g/mol. The molecule has 1 saturated heterocycles. The molecule has 0 bridgehead atoms. The summed E-state index contributed by atoms with van der Waals surface area (Å²) < 4.78 is 0.347. The van der Waals surface area contributed by atoms with Gasteiger partial charge in [0.2, 0.25) is 0 Å². The van der Waals surface area contributed by atoms with Crippen molar-refractivity contribution in [3.05, 3.63) is 18.1 Å². The Morgan fingerprint density at radius 1 is 1.44 bits per heavy atom. The Balaban J connectivity index is 1.97. The molecule has 4 nitrogen and oxygen atoms in total. The molecule has 16 heavy (non-hydrogen) atoms. The zero-order valence-electron chi connectivity index (χ0n) is 9.81. The van der Waals surface area contributed by atoms with E-state index in [1.165, 1.54) is 5.75 Å². The highest BCUT2D eigenvalue weighted by Crippen LogP contribution is 2.29. The van der Waals surface area contributed by atoms with E-state index in [0.717, 1.165) is 25.3 Å². The van der Waals surface area contributed by atoms with E-state index in [1.807, 2.05) is 11.8 Å². The van der Waals surface area contributed by atoms with Crippen LogP contribution < -0.4 is 5.73 Å². The molecule has 0 aromatic carbocycles. The molecule has 1 aliphatic rings. The number of nitrogens with two attached hydrogens (primary N) is 1. The van der Waals surface area contributed by atoms with Gasteiger partial charge in [-0.2, -0.15) is 11.8 Å². The summed E-state index contributed by atoms with van der Waals surface area (Å²) in [7, 11) is 0. The molecule has 88 valence electrons. The predicted molar refractivity (Wildman–Crippen MR) is 68.3 cm³/mol. The fraction of sp³-hybridized carbons (Fsp3) is 0.636. The summed E-state index contributed by atoms with van der Waals surface area (Å²) in [6.45, 7) is 7.68. The summed E-state index contributed by atoms with van der Waals surface area (Å²) in [6, 6.07) is 0. The van der Waals surface area contributed by atoms with Gasteiger partial charge in [-0.1, -0.05) is 0 Å². The van der Waals surface area contributed by atoms with Gasteiger partial charge >= 0.3 is 0 Å². The van der Waals surface area contributed by atoms with Crippen LogP contribution in [0.1, 0.15) is 19.5 Å². The van der Waals surface area contributed by atoms with E-state index in [0.29, 0.717) is 10.6 Å². The molecule has 0 radical (unpaired) electrons. The van der Waals surface area contributed by atoms with Gasteiger partial charge in [0.25, 0.3) is 0 Å². The van der Waals surface area contributed by atoms with Crippen LogP contribution in [0, 0.1) is 0 Å². The zero-order chi connectivity index (χ0) is 11.6. The summed E-state index contributed by atoms with van der Waals surface area (Å²) in [4.78, 5) is 10.8. The van der Waals surface area contributed by atoms with Crippen LogP contribution in [0.25, 0.3) is 0 Å². The van der Waals surface area contributed by atoms with Crippen LogP contribution in [0.5, 0.6) is 0 Å². The van der Waals surface area contributed by atoms with Crippen LogP contribution in [0.3, 0.4) is 0 Å². The van der Waals surface area contributed by atoms with Crippen molar-refractivity contribution in [2.75, 3.05) is 24.6 Å². The van der Waals surface area contributed by atoms with E-state index in [1.54, 1.807) is 12.4 Å². The fourth-order valence-corrected chi connectivity index (χ4v) is 3.10. The molecule has 0 atom stereocenters. The SMILES string of the molecule is CC1(C)CN(Cc2cnc(N)cn2)CCS1. The second kappa shape index (κ2) is 4.59. The van der Waals surface area contributed by atoms with Crippen LogP contribution in [0.15, 0.2) is 12.4 Å².